The zero-order valence-corrected chi connectivity index (χ0v) is 17.0. The van der Waals surface area contributed by atoms with Crippen LogP contribution in [0.5, 0.6) is 5.88 Å². The highest BCUT2D eigenvalue weighted by Crippen LogP contribution is 2.29. The molecule has 0 amide bonds. The molecule has 1 atom stereocenters. The molecule has 8 heteroatoms. The van der Waals surface area contributed by atoms with Crippen molar-refractivity contribution in [1.29, 1.82) is 0 Å². The van der Waals surface area contributed by atoms with E-state index in [1.54, 1.807) is 48.1 Å². The first-order chi connectivity index (χ1) is 15.1. The molecule has 1 aliphatic rings. The third-order valence-electron chi connectivity index (χ3n) is 5.53. The van der Waals surface area contributed by atoms with E-state index in [-0.39, 0.29) is 5.82 Å². The first kappa shape index (κ1) is 19.4. The van der Waals surface area contributed by atoms with E-state index in [2.05, 4.69) is 20.0 Å². The van der Waals surface area contributed by atoms with Gasteiger partial charge in [-0.1, -0.05) is 0 Å². The lowest BCUT2D eigenvalue weighted by Gasteiger charge is -2.18. The largest absolute Gasteiger partial charge is 0.469 e. The average Bonchev–Trinajstić information content (AvgIpc) is 3.44. The third-order valence-corrected chi connectivity index (χ3v) is 5.53. The van der Waals surface area contributed by atoms with Gasteiger partial charge < -0.3 is 9.64 Å². The van der Waals surface area contributed by atoms with Crippen molar-refractivity contribution in [3.63, 3.8) is 0 Å². The van der Waals surface area contributed by atoms with Crippen LogP contribution in [0.1, 0.15) is 31.4 Å². The summed E-state index contributed by atoms with van der Waals surface area (Å²) in [6, 6.07) is 10.1. The second kappa shape index (κ2) is 7.94. The van der Waals surface area contributed by atoms with Gasteiger partial charge in [0.1, 0.15) is 17.7 Å². The number of benzene rings is 1. The number of fused-ring (bicyclic) bond motifs is 1. The van der Waals surface area contributed by atoms with Crippen LogP contribution in [0.3, 0.4) is 0 Å². The van der Waals surface area contributed by atoms with E-state index >= 15 is 0 Å². The minimum absolute atomic E-state index is 0.317. The number of imidazole rings is 1. The molecule has 1 aromatic carbocycles. The van der Waals surface area contributed by atoms with E-state index < -0.39 is 11.9 Å². The molecule has 4 aromatic rings. The highest BCUT2D eigenvalue weighted by atomic mass is 19.1. The smallest absolute Gasteiger partial charge is 0.232 e. The minimum atomic E-state index is -0.461. The molecule has 1 fully saturated rings. The van der Waals surface area contributed by atoms with E-state index in [0.717, 1.165) is 37.8 Å². The lowest BCUT2D eigenvalue weighted by atomic mass is 10.1. The maximum atomic E-state index is 15.0. The number of hydrogen-bond acceptors (Lipinski definition) is 5. The van der Waals surface area contributed by atoms with Gasteiger partial charge in [0.05, 0.1) is 18.1 Å². The van der Waals surface area contributed by atoms with Crippen molar-refractivity contribution in [3.05, 3.63) is 72.2 Å². The number of nitrogens with zero attached hydrogens (tertiary/aromatic N) is 5. The van der Waals surface area contributed by atoms with Gasteiger partial charge in [0.15, 0.2) is 5.65 Å². The summed E-state index contributed by atoms with van der Waals surface area (Å²) in [6.07, 6.45) is 6.09. The Morgan fingerprint density at radius 2 is 1.84 bits per heavy atom. The maximum absolute atomic E-state index is 15.0. The quantitative estimate of drug-likeness (QED) is 0.463. The first-order valence-corrected chi connectivity index (χ1v) is 10.3. The average molecular weight is 421 g/mol. The van der Waals surface area contributed by atoms with Crippen LogP contribution in [-0.2, 0) is 0 Å². The van der Waals surface area contributed by atoms with E-state index in [9.17, 15) is 8.78 Å². The fourth-order valence-electron chi connectivity index (χ4n) is 3.89. The van der Waals surface area contributed by atoms with Gasteiger partial charge in [0.25, 0.3) is 0 Å². The Labute approximate surface area is 178 Å². The van der Waals surface area contributed by atoms with Crippen molar-refractivity contribution in [3.8, 4) is 17.1 Å². The van der Waals surface area contributed by atoms with Gasteiger partial charge >= 0.3 is 0 Å². The molecule has 0 N–H and O–H groups in total. The zero-order chi connectivity index (χ0) is 21.4. The van der Waals surface area contributed by atoms with Gasteiger partial charge in [-0.25, -0.2) is 18.3 Å². The zero-order valence-electron chi connectivity index (χ0n) is 17.0. The molecule has 1 aliphatic heterocycles. The predicted molar refractivity (Wildman–Crippen MR) is 113 cm³/mol. The first-order valence-electron chi connectivity index (χ1n) is 10.3. The van der Waals surface area contributed by atoms with Crippen molar-refractivity contribution in [2.75, 3.05) is 18.0 Å². The Hall–Kier alpha value is -3.55. The molecule has 5 rings (SSSR count). The molecule has 4 heterocycles. The second-order valence-electron chi connectivity index (χ2n) is 7.64. The van der Waals surface area contributed by atoms with Gasteiger partial charge in [0, 0.05) is 42.2 Å². The van der Waals surface area contributed by atoms with Crippen LogP contribution in [0.25, 0.3) is 16.9 Å². The number of pyridine rings is 1. The highest BCUT2D eigenvalue weighted by Gasteiger charge is 2.18. The van der Waals surface area contributed by atoms with Crippen LogP contribution in [-0.4, -0.2) is 32.7 Å². The van der Waals surface area contributed by atoms with Crippen LogP contribution in [0.2, 0.25) is 0 Å². The van der Waals surface area contributed by atoms with Crippen LogP contribution in [0.4, 0.5) is 14.5 Å². The van der Waals surface area contributed by atoms with Crippen molar-refractivity contribution in [2.24, 2.45) is 0 Å². The van der Waals surface area contributed by atoms with Gasteiger partial charge in [-0.3, -0.25) is 4.98 Å². The van der Waals surface area contributed by atoms with Gasteiger partial charge in [-0.2, -0.15) is 0 Å². The van der Waals surface area contributed by atoms with E-state index in [0.29, 0.717) is 28.3 Å². The summed E-state index contributed by atoms with van der Waals surface area (Å²) in [5.74, 6) is -0.433. The van der Waals surface area contributed by atoms with E-state index in [4.69, 9.17) is 4.74 Å². The third kappa shape index (κ3) is 3.81. The second-order valence-corrected chi connectivity index (χ2v) is 7.64. The molecular weight excluding hydrogens is 400 g/mol. The summed E-state index contributed by atoms with van der Waals surface area (Å²) in [7, 11) is 0. The molecule has 0 bridgehead atoms. The van der Waals surface area contributed by atoms with Crippen molar-refractivity contribution in [1.82, 2.24) is 19.6 Å². The standard InChI is InChI=1S/C23H21F2N5O/c1-15(16-10-17(24)13-26-12-16)31-23-7-6-22-27-14-21(30(22)28-23)19-5-4-18(11-20(19)25)29-8-2-3-9-29/h4-7,10-15H,2-3,8-9H2,1H3. The fraction of sp³-hybridized carbons (Fsp3) is 0.261. The summed E-state index contributed by atoms with van der Waals surface area (Å²) in [5, 5.41) is 4.48. The normalized spacial score (nSPS) is 14.9. The monoisotopic (exact) mass is 421 g/mol. The summed E-state index contributed by atoms with van der Waals surface area (Å²) in [5.41, 5.74) is 3.01. The number of rotatable bonds is 5. The molecule has 158 valence electrons. The summed E-state index contributed by atoms with van der Waals surface area (Å²) in [4.78, 5) is 10.4. The maximum Gasteiger partial charge on any atom is 0.232 e. The van der Waals surface area contributed by atoms with Crippen LogP contribution in [0.15, 0.2) is 55.0 Å². The summed E-state index contributed by atoms with van der Waals surface area (Å²) >= 11 is 0. The van der Waals surface area contributed by atoms with E-state index in [1.165, 1.54) is 6.07 Å². The van der Waals surface area contributed by atoms with Crippen molar-refractivity contribution >= 4 is 11.3 Å². The lowest BCUT2D eigenvalue weighted by Crippen LogP contribution is -2.17. The number of aromatic nitrogens is 4. The SMILES string of the molecule is CC(Oc1ccc2ncc(-c3ccc(N4CCCC4)cc3F)n2n1)c1cncc(F)c1. The molecule has 6 nitrogen and oxygen atoms in total. The summed E-state index contributed by atoms with van der Waals surface area (Å²) < 4.78 is 35.9. The summed E-state index contributed by atoms with van der Waals surface area (Å²) in [6.45, 7) is 3.69. The number of halogens is 2. The molecule has 0 saturated carbocycles. The lowest BCUT2D eigenvalue weighted by molar-refractivity contribution is 0.213. The number of hydrogen-bond donors (Lipinski definition) is 0. The highest BCUT2D eigenvalue weighted by molar-refractivity contribution is 5.67. The number of anilines is 1. The van der Waals surface area contributed by atoms with Gasteiger partial charge in [-0.15, -0.1) is 5.10 Å². The molecule has 0 aliphatic carbocycles. The Morgan fingerprint density at radius 3 is 2.61 bits per heavy atom. The molecule has 0 radical (unpaired) electrons. The molecule has 1 unspecified atom stereocenters. The minimum Gasteiger partial charge on any atom is -0.469 e. The van der Waals surface area contributed by atoms with E-state index in [1.807, 2.05) is 6.07 Å². The molecule has 0 spiro atoms. The van der Waals surface area contributed by atoms with Crippen molar-refractivity contribution < 1.29 is 13.5 Å². The Bertz CT molecular complexity index is 1240. The number of ether oxygens (including phenoxy) is 1. The Morgan fingerprint density at radius 1 is 1.00 bits per heavy atom. The fourth-order valence-corrected chi connectivity index (χ4v) is 3.89. The van der Waals surface area contributed by atoms with Crippen LogP contribution < -0.4 is 9.64 Å². The van der Waals surface area contributed by atoms with Gasteiger partial charge in [0.2, 0.25) is 5.88 Å². The molecule has 1 saturated heterocycles. The van der Waals surface area contributed by atoms with Crippen LogP contribution in [0, 0.1) is 11.6 Å². The Kier molecular flexibility index (Phi) is 4.97. The van der Waals surface area contributed by atoms with Crippen molar-refractivity contribution in [2.45, 2.75) is 25.9 Å². The topological polar surface area (TPSA) is 55.5 Å². The predicted octanol–water partition coefficient (Wildman–Crippen LogP) is 4.81. The molecular formula is C23H21F2N5O. The van der Waals surface area contributed by atoms with Crippen LogP contribution >= 0.6 is 0 Å². The Balaban J connectivity index is 1.45. The van der Waals surface area contributed by atoms with Gasteiger partial charge in [-0.05, 0) is 50.1 Å². The molecule has 3 aromatic heterocycles. The molecule has 31 heavy (non-hydrogen) atoms.